The molecule has 1 aliphatic rings. The summed E-state index contributed by atoms with van der Waals surface area (Å²) >= 11 is 0. The molecule has 3 unspecified atom stereocenters. The predicted octanol–water partition coefficient (Wildman–Crippen LogP) is 7.15. The number of carbonyl (C=O) groups excluding carboxylic acids is 1. The Kier molecular flexibility index (Phi) is 14.1. The second kappa shape index (κ2) is 15.7. The van der Waals surface area contributed by atoms with Gasteiger partial charge in [-0.05, 0) is 44.4 Å². The molecule has 0 aromatic rings. The third kappa shape index (κ3) is 12.3. The fourth-order valence-electron chi connectivity index (χ4n) is 4.50. The van der Waals surface area contributed by atoms with Crippen LogP contribution in [0, 0.1) is 17.8 Å². The number of carbonyl (C=O) groups is 2. The lowest BCUT2D eigenvalue weighted by molar-refractivity contribution is -0.158. The van der Waals surface area contributed by atoms with E-state index in [0.717, 1.165) is 32.1 Å². The molecule has 1 rings (SSSR count). The number of esters is 1. The lowest BCUT2D eigenvalue weighted by atomic mass is 9.81. The monoisotopic (exact) mass is 410 g/mol. The predicted molar refractivity (Wildman–Crippen MR) is 119 cm³/mol. The van der Waals surface area contributed by atoms with Gasteiger partial charge in [-0.3, -0.25) is 9.59 Å². The molecule has 0 saturated heterocycles. The molecule has 0 spiro atoms. The zero-order chi connectivity index (χ0) is 21.5. The lowest BCUT2D eigenvalue weighted by Gasteiger charge is -2.28. The Morgan fingerprint density at radius 2 is 1.45 bits per heavy atom. The zero-order valence-corrected chi connectivity index (χ0v) is 19.3. The minimum Gasteiger partial charge on any atom is -0.481 e. The average Bonchev–Trinajstić information content (AvgIpc) is 2.68. The average molecular weight is 411 g/mol. The van der Waals surface area contributed by atoms with Gasteiger partial charge in [0.1, 0.15) is 6.10 Å². The lowest BCUT2D eigenvalue weighted by Crippen LogP contribution is -2.31. The second-order valence-electron chi connectivity index (χ2n) is 9.56. The Labute approximate surface area is 179 Å². The molecular weight excluding hydrogens is 364 g/mol. The molecule has 1 saturated carbocycles. The van der Waals surface area contributed by atoms with Gasteiger partial charge in [-0.25, -0.2) is 0 Å². The fourth-order valence-corrected chi connectivity index (χ4v) is 4.50. The minimum absolute atomic E-state index is 0.0123. The van der Waals surface area contributed by atoms with E-state index in [4.69, 9.17) is 4.74 Å². The third-order valence-electron chi connectivity index (χ3n) is 6.25. The van der Waals surface area contributed by atoms with Crippen LogP contribution in [0.4, 0.5) is 0 Å². The first kappa shape index (κ1) is 26.0. The van der Waals surface area contributed by atoms with Gasteiger partial charge in [0.2, 0.25) is 0 Å². The van der Waals surface area contributed by atoms with Crippen molar-refractivity contribution in [3.05, 3.63) is 0 Å². The van der Waals surface area contributed by atoms with Crippen LogP contribution in [0.2, 0.25) is 0 Å². The van der Waals surface area contributed by atoms with Gasteiger partial charge in [-0.2, -0.15) is 0 Å². The molecule has 29 heavy (non-hydrogen) atoms. The number of aliphatic carboxylic acids is 1. The van der Waals surface area contributed by atoms with Gasteiger partial charge in [-0.1, -0.05) is 85.0 Å². The van der Waals surface area contributed by atoms with Gasteiger partial charge in [0, 0.05) is 0 Å². The van der Waals surface area contributed by atoms with Crippen molar-refractivity contribution in [2.45, 2.75) is 130 Å². The van der Waals surface area contributed by atoms with Crippen LogP contribution in [0.5, 0.6) is 0 Å². The van der Waals surface area contributed by atoms with E-state index in [1.165, 1.54) is 57.8 Å². The van der Waals surface area contributed by atoms with Crippen LogP contribution in [0.3, 0.4) is 0 Å². The van der Waals surface area contributed by atoms with E-state index in [1.54, 1.807) is 0 Å². The van der Waals surface area contributed by atoms with Crippen LogP contribution in [0.25, 0.3) is 0 Å². The van der Waals surface area contributed by atoms with E-state index in [1.807, 2.05) is 0 Å². The molecule has 1 fully saturated rings. The number of hydrogen-bond acceptors (Lipinski definition) is 3. The molecule has 3 atom stereocenters. The summed E-state index contributed by atoms with van der Waals surface area (Å²) in [6, 6.07) is 0. The Morgan fingerprint density at radius 1 is 0.897 bits per heavy atom. The number of carboxylic acids is 1. The molecule has 0 bridgehead atoms. The molecule has 4 nitrogen and oxygen atoms in total. The Hall–Kier alpha value is -1.06. The zero-order valence-electron chi connectivity index (χ0n) is 19.3. The number of hydrogen-bond donors (Lipinski definition) is 1. The summed E-state index contributed by atoms with van der Waals surface area (Å²) in [4.78, 5) is 23.9. The highest BCUT2D eigenvalue weighted by atomic mass is 16.5. The molecule has 0 aliphatic heterocycles. The molecule has 1 aliphatic carbocycles. The maximum Gasteiger partial charge on any atom is 0.309 e. The van der Waals surface area contributed by atoms with Gasteiger partial charge < -0.3 is 9.84 Å². The number of unbranched alkanes of at least 4 members (excludes halogenated alkanes) is 9. The maximum atomic E-state index is 12.6. The largest absolute Gasteiger partial charge is 0.481 e. The summed E-state index contributed by atoms with van der Waals surface area (Å²) < 4.78 is 5.88. The Bertz CT molecular complexity index is 446. The topological polar surface area (TPSA) is 63.6 Å². The summed E-state index contributed by atoms with van der Waals surface area (Å²) in [5.41, 5.74) is 0. The number of carboxylic acid groups (broad SMARTS) is 1. The van der Waals surface area contributed by atoms with Crippen molar-refractivity contribution in [3.8, 4) is 0 Å². The highest BCUT2D eigenvalue weighted by Crippen LogP contribution is 2.31. The fraction of sp³-hybridized carbons (Fsp3) is 0.920. The number of rotatable bonds is 16. The third-order valence-corrected chi connectivity index (χ3v) is 6.25. The smallest absolute Gasteiger partial charge is 0.309 e. The van der Waals surface area contributed by atoms with Crippen molar-refractivity contribution in [2.75, 3.05) is 0 Å². The maximum absolute atomic E-state index is 12.6. The molecule has 0 heterocycles. The van der Waals surface area contributed by atoms with Crippen LogP contribution < -0.4 is 0 Å². The van der Waals surface area contributed by atoms with Crippen molar-refractivity contribution in [3.63, 3.8) is 0 Å². The standard InChI is InChI=1S/C25H46O4/c1-4-5-6-7-8-9-10-11-12-13-17-23(18-20(2)3)29-25(28)22-16-14-15-21(19-22)24(26)27/h20-23H,4-19H2,1-3H3,(H,26,27). The van der Waals surface area contributed by atoms with Gasteiger partial charge >= 0.3 is 11.9 Å². The minimum atomic E-state index is -0.772. The first-order chi connectivity index (χ1) is 13.9. The first-order valence-electron chi connectivity index (χ1n) is 12.4. The van der Waals surface area contributed by atoms with Crippen molar-refractivity contribution in [2.24, 2.45) is 17.8 Å². The SMILES string of the molecule is CCCCCCCCCCCCC(CC(C)C)OC(=O)C1CCCC(C(=O)O)C1. The summed E-state index contributed by atoms with van der Waals surface area (Å²) in [6.07, 6.45) is 17.6. The molecular formula is C25H46O4. The van der Waals surface area contributed by atoms with E-state index in [9.17, 15) is 14.7 Å². The quantitative estimate of drug-likeness (QED) is 0.217. The highest BCUT2D eigenvalue weighted by molar-refractivity contribution is 5.75. The highest BCUT2D eigenvalue weighted by Gasteiger charge is 2.33. The van der Waals surface area contributed by atoms with E-state index in [0.29, 0.717) is 18.8 Å². The van der Waals surface area contributed by atoms with E-state index < -0.39 is 5.97 Å². The van der Waals surface area contributed by atoms with Crippen molar-refractivity contribution in [1.29, 1.82) is 0 Å². The van der Waals surface area contributed by atoms with Crippen molar-refractivity contribution < 1.29 is 19.4 Å². The summed E-state index contributed by atoms with van der Waals surface area (Å²) in [5, 5.41) is 9.25. The Morgan fingerprint density at radius 3 is 2.00 bits per heavy atom. The molecule has 0 radical (unpaired) electrons. The van der Waals surface area contributed by atoms with Crippen molar-refractivity contribution >= 4 is 11.9 Å². The van der Waals surface area contributed by atoms with Gasteiger partial charge in [0.25, 0.3) is 0 Å². The van der Waals surface area contributed by atoms with Crippen LogP contribution in [-0.4, -0.2) is 23.1 Å². The van der Waals surface area contributed by atoms with Crippen molar-refractivity contribution in [1.82, 2.24) is 0 Å². The van der Waals surface area contributed by atoms with E-state index >= 15 is 0 Å². The van der Waals surface area contributed by atoms with Gasteiger partial charge in [0.15, 0.2) is 0 Å². The number of ether oxygens (including phenoxy) is 1. The summed E-state index contributed by atoms with van der Waals surface area (Å²) in [5.74, 6) is -1.05. The van der Waals surface area contributed by atoms with E-state index in [2.05, 4.69) is 20.8 Å². The molecule has 0 aromatic carbocycles. The summed E-state index contributed by atoms with van der Waals surface area (Å²) in [6.45, 7) is 6.59. The van der Waals surface area contributed by atoms with E-state index in [-0.39, 0.29) is 23.9 Å². The van der Waals surface area contributed by atoms with Crippen LogP contribution in [0.15, 0.2) is 0 Å². The van der Waals surface area contributed by atoms with Gasteiger partial charge in [-0.15, -0.1) is 0 Å². The molecule has 4 heteroatoms. The van der Waals surface area contributed by atoms with Crippen LogP contribution >= 0.6 is 0 Å². The van der Waals surface area contributed by atoms with Crippen LogP contribution in [-0.2, 0) is 14.3 Å². The van der Waals surface area contributed by atoms with Crippen LogP contribution in [0.1, 0.15) is 124 Å². The molecule has 1 N–H and O–H groups in total. The van der Waals surface area contributed by atoms with Gasteiger partial charge in [0.05, 0.1) is 11.8 Å². The Balaban J connectivity index is 2.25. The molecule has 170 valence electrons. The summed E-state index contributed by atoms with van der Waals surface area (Å²) in [7, 11) is 0. The second-order valence-corrected chi connectivity index (χ2v) is 9.56. The molecule has 0 aromatic heterocycles. The normalized spacial score (nSPS) is 20.6. The molecule has 0 amide bonds. The first-order valence-corrected chi connectivity index (χ1v) is 12.4.